The normalized spacial score (nSPS) is 10.6. The SMILES string of the molecule is Cn1cc[c+](Nc2ccc(C(=O)Nc3ccc(Nc4ccnc5cc([N+](=O)[O-])ccc45)cc3)cc2)cc1. The van der Waals surface area contributed by atoms with Gasteiger partial charge in [-0.15, -0.1) is 0 Å². The first-order valence-electron chi connectivity index (χ1n) is 11.5. The lowest BCUT2D eigenvalue weighted by molar-refractivity contribution is -0.384. The molecule has 1 amide bonds. The predicted octanol–water partition coefficient (Wildman–Crippen LogP) is 6.50. The molecule has 9 nitrogen and oxygen atoms in total. The van der Waals surface area contributed by atoms with E-state index in [0.29, 0.717) is 16.8 Å². The summed E-state index contributed by atoms with van der Waals surface area (Å²) in [6.45, 7) is 0. The molecule has 5 rings (SSSR count). The van der Waals surface area contributed by atoms with Gasteiger partial charge in [0.1, 0.15) is 11.4 Å². The minimum Gasteiger partial charge on any atom is -0.355 e. The Kier molecular flexibility index (Phi) is 6.41. The number of hydrogen-bond donors (Lipinski definition) is 3. The van der Waals surface area contributed by atoms with Gasteiger partial charge in [0.2, 0.25) is 0 Å². The summed E-state index contributed by atoms with van der Waals surface area (Å²) < 4.78 is 1.96. The number of fused-ring (bicyclic) bond motifs is 1. The highest BCUT2D eigenvalue weighted by Gasteiger charge is 2.11. The second-order valence-corrected chi connectivity index (χ2v) is 8.43. The average Bonchev–Trinajstić information content (AvgIpc) is 2.91. The summed E-state index contributed by atoms with van der Waals surface area (Å²) in [5.41, 5.74) is 5.15. The van der Waals surface area contributed by atoms with Crippen LogP contribution in [0.15, 0.2) is 104 Å². The third-order valence-electron chi connectivity index (χ3n) is 5.77. The van der Waals surface area contributed by atoms with Gasteiger partial charge in [-0.2, -0.15) is 0 Å². The molecule has 5 aromatic rings. The van der Waals surface area contributed by atoms with E-state index in [-0.39, 0.29) is 11.6 Å². The lowest BCUT2D eigenvalue weighted by Crippen LogP contribution is -2.11. The molecule has 3 aromatic carbocycles. The molecular weight excluding hydrogens is 468 g/mol. The van der Waals surface area contributed by atoms with Gasteiger partial charge in [0.15, 0.2) is 0 Å². The number of anilines is 5. The maximum Gasteiger partial charge on any atom is 0.271 e. The summed E-state index contributed by atoms with van der Waals surface area (Å²) >= 11 is 0. The number of non-ortho nitro benzene ring substituents is 1. The number of carbonyl (C=O) groups is 1. The zero-order chi connectivity index (χ0) is 25.8. The number of aryl methyl sites for hydroxylation is 1. The van der Waals surface area contributed by atoms with Crippen LogP contribution in [0.2, 0.25) is 0 Å². The van der Waals surface area contributed by atoms with Crippen molar-refractivity contribution in [3.05, 3.63) is 119 Å². The molecule has 37 heavy (non-hydrogen) atoms. The van der Waals surface area contributed by atoms with E-state index in [9.17, 15) is 14.9 Å². The molecule has 0 unspecified atom stereocenters. The molecule has 0 saturated carbocycles. The van der Waals surface area contributed by atoms with Crippen LogP contribution in [0.1, 0.15) is 10.4 Å². The van der Waals surface area contributed by atoms with Crippen molar-refractivity contribution in [3.8, 4) is 0 Å². The molecule has 0 saturated heterocycles. The average molecular weight is 492 g/mol. The molecule has 182 valence electrons. The van der Waals surface area contributed by atoms with E-state index in [4.69, 9.17) is 0 Å². The van der Waals surface area contributed by atoms with Crippen molar-refractivity contribution in [3.63, 3.8) is 0 Å². The van der Waals surface area contributed by atoms with E-state index in [1.54, 1.807) is 42.6 Å². The van der Waals surface area contributed by atoms with Crippen LogP contribution >= 0.6 is 0 Å². The van der Waals surface area contributed by atoms with Crippen molar-refractivity contribution in [2.75, 3.05) is 16.0 Å². The van der Waals surface area contributed by atoms with Gasteiger partial charge in [-0.3, -0.25) is 29.8 Å². The van der Waals surface area contributed by atoms with E-state index < -0.39 is 4.92 Å². The Morgan fingerprint density at radius 1 is 0.919 bits per heavy atom. The molecule has 2 heterocycles. The van der Waals surface area contributed by atoms with Crippen LogP contribution in [-0.2, 0) is 7.05 Å². The predicted molar refractivity (Wildman–Crippen MR) is 146 cm³/mol. The van der Waals surface area contributed by atoms with E-state index in [2.05, 4.69) is 20.9 Å². The number of nitrogens with zero attached hydrogens (tertiary/aromatic N) is 3. The number of rotatable bonds is 7. The van der Waals surface area contributed by atoms with Crippen molar-refractivity contribution < 1.29 is 9.72 Å². The molecule has 3 N–H and O–H groups in total. The van der Waals surface area contributed by atoms with Crippen molar-refractivity contribution in [2.45, 2.75) is 0 Å². The monoisotopic (exact) mass is 491 g/mol. The molecule has 0 aliphatic carbocycles. The number of nitrogens with one attached hydrogen (secondary N) is 3. The highest BCUT2D eigenvalue weighted by molar-refractivity contribution is 6.04. The zero-order valence-corrected chi connectivity index (χ0v) is 19.9. The number of nitro benzene ring substituents is 1. The zero-order valence-electron chi connectivity index (χ0n) is 19.9. The number of nitro groups is 1. The number of pyridine rings is 2. The summed E-state index contributed by atoms with van der Waals surface area (Å²) in [6.07, 6.45) is 5.51. The largest absolute Gasteiger partial charge is 0.355 e. The molecule has 2 aromatic heterocycles. The van der Waals surface area contributed by atoms with Gasteiger partial charge in [0, 0.05) is 65.5 Å². The number of amides is 1. The van der Waals surface area contributed by atoms with Crippen molar-refractivity contribution >= 4 is 50.9 Å². The van der Waals surface area contributed by atoms with Crippen LogP contribution in [-0.4, -0.2) is 20.4 Å². The standard InChI is InChI=1S/C28H22N6O3/c1-33-16-13-23(14-17-33)30-20-4-2-19(3-5-20)28(35)32-22-8-6-21(7-9-22)31-26-12-15-29-27-18-24(34(36)37)10-11-25(26)27/h2-18H,1H3,(H2-,29,30,31,32,35)/p+1. The van der Waals surface area contributed by atoms with E-state index in [1.807, 2.05) is 60.4 Å². The van der Waals surface area contributed by atoms with Gasteiger partial charge < -0.3 is 10.6 Å². The van der Waals surface area contributed by atoms with Gasteiger partial charge in [-0.25, -0.2) is 0 Å². The number of benzene rings is 3. The van der Waals surface area contributed by atoms with Gasteiger partial charge in [-0.1, -0.05) is 0 Å². The van der Waals surface area contributed by atoms with Gasteiger partial charge in [0.05, 0.1) is 35.0 Å². The number of hydrogen-bond acceptors (Lipinski definition) is 6. The van der Waals surface area contributed by atoms with E-state index >= 15 is 0 Å². The summed E-state index contributed by atoms with van der Waals surface area (Å²) in [6, 6.07) is 24.9. The topological polar surface area (TPSA) is 114 Å². The summed E-state index contributed by atoms with van der Waals surface area (Å²) in [7, 11) is 1.96. The van der Waals surface area contributed by atoms with Crippen molar-refractivity contribution in [1.29, 1.82) is 0 Å². The Balaban J connectivity index is 1.23. The highest BCUT2D eigenvalue weighted by atomic mass is 16.6. The maximum absolute atomic E-state index is 12.7. The fourth-order valence-corrected chi connectivity index (χ4v) is 3.81. The van der Waals surface area contributed by atoms with Crippen molar-refractivity contribution in [1.82, 2.24) is 9.55 Å². The molecule has 0 spiro atoms. The van der Waals surface area contributed by atoms with Crippen LogP contribution in [0.25, 0.3) is 10.9 Å². The molecule has 0 aliphatic heterocycles. The van der Waals surface area contributed by atoms with Gasteiger partial charge >= 0.3 is 0 Å². The van der Waals surface area contributed by atoms with E-state index in [0.717, 1.165) is 28.1 Å². The molecule has 0 radical (unpaired) electrons. The van der Waals surface area contributed by atoms with Gasteiger partial charge in [0.25, 0.3) is 11.6 Å². The summed E-state index contributed by atoms with van der Waals surface area (Å²) in [5.74, 6) is -0.208. The Morgan fingerprint density at radius 2 is 1.59 bits per heavy atom. The Labute approximate surface area is 212 Å². The first-order valence-corrected chi connectivity index (χ1v) is 11.5. The summed E-state index contributed by atoms with van der Waals surface area (Å²) in [4.78, 5) is 27.5. The van der Waals surface area contributed by atoms with Crippen LogP contribution < -0.4 is 16.0 Å². The Morgan fingerprint density at radius 3 is 2.30 bits per heavy atom. The lowest BCUT2D eigenvalue weighted by atomic mass is 10.1. The first-order chi connectivity index (χ1) is 17.9. The minimum atomic E-state index is -0.440. The third kappa shape index (κ3) is 5.51. The summed E-state index contributed by atoms with van der Waals surface area (Å²) in [5, 5.41) is 21.3. The van der Waals surface area contributed by atoms with Crippen LogP contribution in [0.3, 0.4) is 0 Å². The molecule has 0 bridgehead atoms. The molecule has 0 atom stereocenters. The fourth-order valence-electron chi connectivity index (χ4n) is 3.81. The molecular formula is C28H23N6O3+. The van der Waals surface area contributed by atoms with Crippen LogP contribution in [0.4, 0.5) is 34.1 Å². The number of carbonyl (C=O) groups excluding carboxylic acids is 1. The van der Waals surface area contributed by atoms with Gasteiger partial charge in [-0.05, 0) is 48.5 Å². The lowest BCUT2D eigenvalue weighted by Gasteiger charge is -2.11. The second kappa shape index (κ2) is 10.1. The smallest absolute Gasteiger partial charge is 0.271 e. The fraction of sp³-hybridized carbons (Fsp3) is 0.0357. The van der Waals surface area contributed by atoms with Crippen LogP contribution in [0, 0.1) is 10.1 Å². The third-order valence-corrected chi connectivity index (χ3v) is 5.77. The highest BCUT2D eigenvalue weighted by Crippen LogP contribution is 2.28. The quantitative estimate of drug-likeness (QED) is 0.136. The maximum atomic E-state index is 12.7. The van der Waals surface area contributed by atoms with Crippen LogP contribution in [0.5, 0.6) is 0 Å². The molecule has 0 aliphatic rings. The first kappa shape index (κ1) is 23.4. The molecule has 0 fully saturated rings. The van der Waals surface area contributed by atoms with E-state index in [1.165, 1.54) is 12.1 Å². The second-order valence-electron chi connectivity index (χ2n) is 8.43. The Bertz CT molecular complexity index is 1580. The minimum absolute atomic E-state index is 0.00593. The van der Waals surface area contributed by atoms with Crippen molar-refractivity contribution in [2.24, 2.45) is 7.05 Å². The molecule has 9 heteroatoms. The number of aromatic nitrogens is 2. The Hall–Kier alpha value is -5.31.